The number of alkyl halides is 3. The second kappa shape index (κ2) is 5.85. The van der Waals surface area contributed by atoms with Crippen LogP contribution in [0.15, 0.2) is 21.6 Å². The Morgan fingerprint density at radius 1 is 1.21 bits per heavy atom. The number of halogens is 6. The van der Waals surface area contributed by atoms with E-state index in [1.54, 1.807) is 0 Å². The van der Waals surface area contributed by atoms with Gasteiger partial charge in [-0.3, -0.25) is 0 Å². The van der Waals surface area contributed by atoms with E-state index in [0.717, 1.165) is 12.1 Å². The van der Waals surface area contributed by atoms with Crippen LogP contribution in [0.4, 0.5) is 27.6 Å². The normalized spacial score (nSPS) is 13.0. The first-order chi connectivity index (χ1) is 8.61. The van der Waals surface area contributed by atoms with Crippen LogP contribution in [0.25, 0.3) is 0 Å². The molecule has 8 heteroatoms. The van der Waals surface area contributed by atoms with Gasteiger partial charge in [-0.15, -0.1) is 0 Å². The predicted molar refractivity (Wildman–Crippen MR) is 65.5 cm³/mol. The number of amidine groups is 1. The average molecular weight is 345 g/mol. The minimum Gasteiger partial charge on any atom is -0.364 e. The summed E-state index contributed by atoms with van der Waals surface area (Å²) in [4.78, 5) is 3.02. The topological polar surface area (TPSA) is 24.4 Å². The number of aliphatic imine (C=N–C) groups is 1. The van der Waals surface area contributed by atoms with Crippen molar-refractivity contribution >= 4 is 27.5 Å². The Bertz CT molecular complexity index is 473. The largest absolute Gasteiger partial charge is 0.449 e. The molecule has 0 aromatic heterocycles. The standard InChI is InChI=1S/C11H10BrF5N2/c1-5(2)18-10(11(15,16)17)19-9-7(13)3-6(12)4-8(9)14/h3-5H,1-2H3,(H,18,19). The van der Waals surface area contributed by atoms with E-state index in [-0.39, 0.29) is 4.47 Å². The van der Waals surface area contributed by atoms with Crippen LogP contribution >= 0.6 is 15.9 Å². The van der Waals surface area contributed by atoms with Gasteiger partial charge in [0.2, 0.25) is 5.84 Å². The van der Waals surface area contributed by atoms with E-state index in [1.807, 2.05) is 5.32 Å². The molecule has 0 amide bonds. The zero-order valence-electron chi connectivity index (χ0n) is 9.95. The van der Waals surface area contributed by atoms with Crippen LogP contribution in [0.3, 0.4) is 0 Å². The molecule has 0 heterocycles. The third-order valence-corrected chi connectivity index (χ3v) is 2.36. The van der Waals surface area contributed by atoms with Crippen LogP contribution in [0.1, 0.15) is 13.8 Å². The molecular formula is C11H10BrF5N2. The van der Waals surface area contributed by atoms with Crippen molar-refractivity contribution in [3.05, 3.63) is 28.2 Å². The summed E-state index contributed by atoms with van der Waals surface area (Å²) < 4.78 is 64.9. The number of nitrogens with one attached hydrogen (secondary N) is 1. The lowest BCUT2D eigenvalue weighted by Gasteiger charge is -2.15. The Labute approximate surface area is 114 Å². The summed E-state index contributed by atoms with van der Waals surface area (Å²) in [5, 5.41) is 2.02. The van der Waals surface area contributed by atoms with Crippen molar-refractivity contribution < 1.29 is 22.0 Å². The maximum Gasteiger partial charge on any atom is 0.449 e. The lowest BCUT2D eigenvalue weighted by molar-refractivity contribution is -0.0621. The van der Waals surface area contributed by atoms with E-state index in [2.05, 4.69) is 20.9 Å². The lowest BCUT2D eigenvalue weighted by atomic mass is 10.3. The number of hydrogen-bond acceptors (Lipinski definition) is 1. The SMILES string of the molecule is CC(C)N/C(=N\c1c(F)cc(Br)cc1F)C(F)(F)F. The fourth-order valence-corrected chi connectivity index (χ4v) is 1.61. The second-order valence-electron chi connectivity index (χ2n) is 3.98. The molecule has 0 bridgehead atoms. The predicted octanol–water partition coefficient (Wildman–Crippen LogP) is 4.32. The molecule has 2 nitrogen and oxygen atoms in total. The number of rotatable bonds is 2. The fourth-order valence-electron chi connectivity index (χ4n) is 1.20. The van der Waals surface area contributed by atoms with Gasteiger partial charge in [-0.25, -0.2) is 13.8 Å². The van der Waals surface area contributed by atoms with Gasteiger partial charge in [0.25, 0.3) is 0 Å². The van der Waals surface area contributed by atoms with Crippen molar-refractivity contribution in [2.75, 3.05) is 0 Å². The molecule has 0 radical (unpaired) electrons. The first kappa shape index (κ1) is 15.9. The first-order valence-electron chi connectivity index (χ1n) is 5.18. The monoisotopic (exact) mass is 344 g/mol. The summed E-state index contributed by atoms with van der Waals surface area (Å²) in [7, 11) is 0. The molecule has 0 aliphatic carbocycles. The highest BCUT2D eigenvalue weighted by atomic mass is 79.9. The van der Waals surface area contributed by atoms with Gasteiger partial charge in [0.1, 0.15) is 5.69 Å². The first-order valence-corrected chi connectivity index (χ1v) is 5.97. The molecule has 0 atom stereocenters. The summed E-state index contributed by atoms with van der Waals surface area (Å²) in [6.45, 7) is 2.91. The van der Waals surface area contributed by atoms with Gasteiger partial charge in [-0.05, 0) is 26.0 Å². The lowest BCUT2D eigenvalue weighted by Crippen LogP contribution is -2.40. The summed E-state index contributed by atoms with van der Waals surface area (Å²) in [5.41, 5.74) is -0.983. The van der Waals surface area contributed by atoms with Crippen molar-refractivity contribution in [2.45, 2.75) is 26.1 Å². The van der Waals surface area contributed by atoms with Gasteiger partial charge in [-0.2, -0.15) is 13.2 Å². The molecule has 19 heavy (non-hydrogen) atoms. The van der Waals surface area contributed by atoms with Crippen LogP contribution in [-0.4, -0.2) is 18.1 Å². The number of nitrogens with zero attached hydrogens (tertiary/aromatic N) is 1. The van der Waals surface area contributed by atoms with Gasteiger partial charge in [0, 0.05) is 10.5 Å². The van der Waals surface area contributed by atoms with E-state index in [0.29, 0.717) is 0 Å². The van der Waals surface area contributed by atoms with E-state index >= 15 is 0 Å². The molecule has 1 rings (SSSR count). The van der Waals surface area contributed by atoms with E-state index in [1.165, 1.54) is 13.8 Å². The minimum absolute atomic E-state index is 0.0758. The molecule has 1 aromatic rings. The third-order valence-electron chi connectivity index (χ3n) is 1.90. The third kappa shape index (κ3) is 4.45. The zero-order valence-corrected chi connectivity index (χ0v) is 11.5. The smallest absolute Gasteiger partial charge is 0.364 e. The number of benzene rings is 1. The Morgan fingerprint density at radius 2 is 1.68 bits per heavy atom. The molecule has 1 N–H and O–H groups in total. The Balaban J connectivity index is 3.30. The van der Waals surface area contributed by atoms with Crippen LogP contribution in [0.2, 0.25) is 0 Å². The average Bonchev–Trinajstić information content (AvgIpc) is 2.19. The molecule has 1 aromatic carbocycles. The highest BCUT2D eigenvalue weighted by molar-refractivity contribution is 9.10. The van der Waals surface area contributed by atoms with Gasteiger partial charge < -0.3 is 5.32 Å². The Morgan fingerprint density at radius 3 is 2.05 bits per heavy atom. The quantitative estimate of drug-likeness (QED) is 0.482. The van der Waals surface area contributed by atoms with Gasteiger partial charge in [-0.1, -0.05) is 15.9 Å². The highest BCUT2D eigenvalue weighted by Gasteiger charge is 2.37. The maximum absolute atomic E-state index is 13.4. The van der Waals surface area contributed by atoms with Crippen LogP contribution in [-0.2, 0) is 0 Å². The maximum atomic E-state index is 13.4. The van der Waals surface area contributed by atoms with Crippen LogP contribution in [0, 0.1) is 11.6 Å². The van der Waals surface area contributed by atoms with Crippen molar-refractivity contribution in [1.82, 2.24) is 5.32 Å². The summed E-state index contributed by atoms with van der Waals surface area (Å²) in [5.74, 6) is -3.80. The highest BCUT2D eigenvalue weighted by Crippen LogP contribution is 2.28. The summed E-state index contributed by atoms with van der Waals surface area (Å²) >= 11 is 2.83. The Kier molecular flexibility index (Phi) is 4.89. The molecule has 0 aliphatic rings. The van der Waals surface area contributed by atoms with E-state index < -0.39 is 35.4 Å². The molecule has 0 unspecified atom stereocenters. The van der Waals surface area contributed by atoms with E-state index in [9.17, 15) is 22.0 Å². The molecule has 106 valence electrons. The molecule has 0 aliphatic heterocycles. The van der Waals surface area contributed by atoms with Crippen molar-refractivity contribution in [1.29, 1.82) is 0 Å². The molecule has 0 saturated carbocycles. The Hall–Kier alpha value is -1.18. The van der Waals surface area contributed by atoms with Gasteiger partial charge in [0.05, 0.1) is 0 Å². The fraction of sp³-hybridized carbons (Fsp3) is 0.364. The van der Waals surface area contributed by atoms with E-state index in [4.69, 9.17) is 0 Å². The molecule has 0 saturated heterocycles. The summed E-state index contributed by atoms with van der Waals surface area (Å²) in [6.07, 6.45) is -4.82. The second-order valence-corrected chi connectivity index (χ2v) is 4.89. The van der Waals surface area contributed by atoms with Gasteiger partial charge >= 0.3 is 6.18 Å². The van der Waals surface area contributed by atoms with Crippen molar-refractivity contribution in [3.8, 4) is 0 Å². The van der Waals surface area contributed by atoms with Crippen molar-refractivity contribution in [2.24, 2.45) is 4.99 Å². The number of hydrogen-bond donors (Lipinski definition) is 1. The van der Waals surface area contributed by atoms with Gasteiger partial charge in [0.15, 0.2) is 11.6 Å². The minimum atomic E-state index is -4.82. The molecular weight excluding hydrogens is 335 g/mol. The summed E-state index contributed by atoms with van der Waals surface area (Å²) in [6, 6.07) is 1.10. The van der Waals surface area contributed by atoms with Crippen molar-refractivity contribution in [3.63, 3.8) is 0 Å². The van der Waals surface area contributed by atoms with Crippen LogP contribution in [0.5, 0.6) is 0 Å². The van der Waals surface area contributed by atoms with Crippen LogP contribution < -0.4 is 5.32 Å². The zero-order chi connectivity index (χ0) is 14.8. The molecule has 0 spiro atoms. The molecule has 0 fully saturated rings.